The average molecular weight is 409 g/mol. The summed E-state index contributed by atoms with van der Waals surface area (Å²) in [4.78, 5) is 24.9. The molecule has 4 rings (SSSR count). The van der Waals surface area contributed by atoms with E-state index < -0.39 is 5.91 Å². The molecule has 10 heteroatoms. The van der Waals surface area contributed by atoms with Crippen LogP contribution in [0.1, 0.15) is 23.1 Å². The maximum absolute atomic E-state index is 11.2. The second-order valence-corrected chi connectivity index (χ2v) is 6.93. The van der Waals surface area contributed by atoms with Crippen LogP contribution in [-0.4, -0.2) is 50.3 Å². The van der Waals surface area contributed by atoms with Crippen LogP contribution in [0.15, 0.2) is 36.7 Å². The molecular formula is C20H23N7O3. The number of hydrogen-bond acceptors (Lipinski definition) is 8. The van der Waals surface area contributed by atoms with Crippen molar-refractivity contribution in [2.75, 3.05) is 25.0 Å². The van der Waals surface area contributed by atoms with Crippen molar-refractivity contribution < 1.29 is 14.7 Å². The van der Waals surface area contributed by atoms with Crippen molar-refractivity contribution in [3.8, 4) is 0 Å². The zero-order chi connectivity index (χ0) is 20.9. The maximum atomic E-state index is 11.2. The lowest BCUT2D eigenvalue weighted by molar-refractivity contribution is -0.124. The maximum Gasteiger partial charge on any atom is 0.267 e. The van der Waals surface area contributed by atoms with Crippen molar-refractivity contribution in [3.05, 3.63) is 53.6 Å². The Bertz CT molecular complexity index is 1070. The molecule has 1 atom stereocenters. The SMILES string of the molecule is Cn1cnc2c(NCc3cccc(/C=C/C(=O)NO)c3)nc(C3CNCCO3)nc21. The van der Waals surface area contributed by atoms with Gasteiger partial charge in [0.25, 0.3) is 5.91 Å². The summed E-state index contributed by atoms with van der Waals surface area (Å²) >= 11 is 0. The molecule has 1 aromatic carbocycles. The molecule has 1 fully saturated rings. The fraction of sp³-hybridized carbons (Fsp3) is 0.300. The summed E-state index contributed by atoms with van der Waals surface area (Å²) < 4.78 is 7.68. The number of morpholine rings is 1. The molecule has 4 N–H and O–H groups in total. The van der Waals surface area contributed by atoms with E-state index in [-0.39, 0.29) is 6.10 Å². The molecule has 1 aliphatic heterocycles. The number of benzene rings is 1. The number of carbonyl (C=O) groups excluding carboxylic acids is 1. The highest BCUT2D eigenvalue weighted by Crippen LogP contribution is 2.24. The van der Waals surface area contributed by atoms with E-state index in [2.05, 4.69) is 25.6 Å². The molecule has 1 amide bonds. The Balaban J connectivity index is 1.56. The van der Waals surface area contributed by atoms with Gasteiger partial charge in [0.1, 0.15) is 11.6 Å². The van der Waals surface area contributed by atoms with Gasteiger partial charge >= 0.3 is 0 Å². The third-order valence-electron chi connectivity index (χ3n) is 4.74. The number of aromatic nitrogens is 4. The summed E-state index contributed by atoms with van der Waals surface area (Å²) in [6, 6.07) is 7.69. The van der Waals surface area contributed by atoms with Crippen LogP contribution >= 0.6 is 0 Å². The first-order valence-electron chi connectivity index (χ1n) is 9.60. The van der Waals surface area contributed by atoms with Gasteiger partial charge in [-0.1, -0.05) is 18.2 Å². The van der Waals surface area contributed by atoms with E-state index in [9.17, 15) is 4.79 Å². The number of carbonyl (C=O) groups is 1. The number of anilines is 1. The smallest absolute Gasteiger partial charge is 0.267 e. The summed E-state index contributed by atoms with van der Waals surface area (Å²) in [7, 11) is 1.90. The minimum atomic E-state index is -0.580. The first-order valence-corrected chi connectivity index (χ1v) is 9.60. The topological polar surface area (TPSA) is 126 Å². The second-order valence-electron chi connectivity index (χ2n) is 6.93. The second kappa shape index (κ2) is 8.99. The summed E-state index contributed by atoms with van der Waals surface area (Å²) in [5.41, 5.74) is 4.85. The normalized spacial score (nSPS) is 16.8. The summed E-state index contributed by atoms with van der Waals surface area (Å²) in [5.74, 6) is 0.682. The molecule has 0 saturated carbocycles. The van der Waals surface area contributed by atoms with E-state index >= 15 is 0 Å². The number of hydroxylamine groups is 1. The predicted octanol–water partition coefficient (Wildman–Crippen LogP) is 1.15. The fourth-order valence-electron chi connectivity index (χ4n) is 3.22. The molecule has 10 nitrogen and oxygen atoms in total. The van der Waals surface area contributed by atoms with E-state index in [1.165, 1.54) is 6.08 Å². The van der Waals surface area contributed by atoms with E-state index in [0.717, 1.165) is 23.3 Å². The number of nitrogens with zero attached hydrogens (tertiary/aromatic N) is 4. The van der Waals surface area contributed by atoms with Crippen molar-refractivity contribution >= 4 is 29.0 Å². The van der Waals surface area contributed by atoms with Crippen LogP contribution in [0.5, 0.6) is 0 Å². The van der Waals surface area contributed by atoms with Crippen molar-refractivity contribution in [1.82, 2.24) is 30.3 Å². The van der Waals surface area contributed by atoms with Crippen molar-refractivity contribution in [1.29, 1.82) is 0 Å². The Labute approximate surface area is 173 Å². The molecule has 1 saturated heterocycles. The molecule has 156 valence electrons. The first kappa shape index (κ1) is 20.0. The van der Waals surface area contributed by atoms with Gasteiger partial charge < -0.3 is 19.9 Å². The fourth-order valence-corrected chi connectivity index (χ4v) is 3.22. The van der Waals surface area contributed by atoms with Crippen LogP contribution < -0.4 is 16.1 Å². The van der Waals surface area contributed by atoms with Crippen molar-refractivity contribution in [3.63, 3.8) is 0 Å². The molecule has 3 heterocycles. The third kappa shape index (κ3) is 4.46. The van der Waals surface area contributed by atoms with Crippen LogP contribution in [0.2, 0.25) is 0 Å². The number of ether oxygens (including phenoxy) is 1. The van der Waals surface area contributed by atoms with E-state index in [1.807, 2.05) is 35.9 Å². The molecule has 0 bridgehead atoms. The van der Waals surface area contributed by atoms with Crippen LogP contribution in [-0.2, 0) is 23.1 Å². The van der Waals surface area contributed by atoms with Crippen LogP contribution in [0.4, 0.5) is 5.82 Å². The van der Waals surface area contributed by atoms with Gasteiger partial charge in [0.15, 0.2) is 17.3 Å². The highest BCUT2D eigenvalue weighted by atomic mass is 16.5. The van der Waals surface area contributed by atoms with E-state index in [4.69, 9.17) is 9.94 Å². The standard InChI is InChI=1S/C20H23N7O3/c1-27-12-23-17-19(24-18(25-20(17)27)15-11-21-7-8-30-15)22-10-14-4-2-3-13(9-14)5-6-16(28)26-29/h2-6,9,12,15,21,29H,7-8,10-11H2,1H3,(H,26,28)(H,22,24,25)/b6-5+. The Morgan fingerprint density at radius 3 is 3.13 bits per heavy atom. The molecule has 3 aromatic rings. The minimum absolute atomic E-state index is 0.204. The largest absolute Gasteiger partial charge is 0.368 e. The third-order valence-corrected chi connectivity index (χ3v) is 4.74. The Kier molecular flexibility index (Phi) is 5.98. The van der Waals surface area contributed by atoms with Crippen LogP contribution in [0, 0.1) is 0 Å². The number of imidazole rings is 1. The first-order chi connectivity index (χ1) is 14.6. The van der Waals surface area contributed by atoms with Gasteiger partial charge in [0.2, 0.25) is 0 Å². The molecule has 2 aromatic heterocycles. The zero-order valence-corrected chi connectivity index (χ0v) is 16.5. The van der Waals surface area contributed by atoms with E-state index in [1.54, 1.807) is 17.9 Å². The number of hydrogen-bond donors (Lipinski definition) is 4. The molecule has 1 unspecified atom stereocenters. The number of rotatable bonds is 6. The lowest BCUT2D eigenvalue weighted by atomic mass is 10.1. The Hall–Kier alpha value is -3.34. The lowest BCUT2D eigenvalue weighted by Crippen LogP contribution is -2.34. The van der Waals surface area contributed by atoms with Crippen molar-refractivity contribution in [2.45, 2.75) is 12.6 Å². The van der Waals surface area contributed by atoms with Gasteiger partial charge in [0.05, 0.1) is 12.9 Å². The lowest BCUT2D eigenvalue weighted by Gasteiger charge is -2.22. The van der Waals surface area contributed by atoms with Crippen molar-refractivity contribution in [2.24, 2.45) is 7.05 Å². The van der Waals surface area contributed by atoms with E-state index in [0.29, 0.717) is 36.9 Å². The summed E-state index contributed by atoms with van der Waals surface area (Å²) in [6.45, 7) is 2.62. The predicted molar refractivity (Wildman–Crippen MR) is 111 cm³/mol. The number of nitrogens with one attached hydrogen (secondary N) is 3. The molecular weight excluding hydrogens is 386 g/mol. The van der Waals surface area contributed by atoms with Gasteiger partial charge in [-0.25, -0.2) is 20.4 Å². The number of amides is 1. The highest BCUT2D eigenvalue weighted by molar-refractivity contribution is 5.90. The van der Waals surface area contributed by atoms with Gasteiger partial charge in [-0.15, -0.1) is 0 Å². The number of aryl methyl sites for hydroxylation is 1. The molecule has 30 heavy (non-hydrogen) atoms. The average Bonchev–Trinajstić information content (AvgIpc) is 3.17. The van der Waals surface area contributed by atoms with Gasteiger partial charge in [-0.3, -0.25) is 10.0 Å². The van der Waals surface area contributed by atoms with Crippen LogP contribution in [0.25, 0.3) is 17.2 Å². The summed E-state index contributed by atoms with van der Waals surface area (Å²) in [5, 5.41) is 15.2. The van der Waals surface area contributed by atoms with Crippen LogP contribution in [0.3, 0.4) is 0 Å². The quantitative estimate of drug-likeness (QED) is 0.271. The van der Waals surface area contributed by atoms with Gasteiger partial charge in [-0.05, 0) is 23.3 Å². The summed E-state index contributed by atoms with van der Waals surface area (Å²) in [6.07, 6.45) is 4.40. The molecule has 0 aliphatic carbocycles. The Morgan fingerprint density at radius 2 is 2.33 bits per heavy atom. The molecule has 0 radical (unpaired) electrons. The minimum Gasteiger partial charge on any atom is -0.368 e. The Morgan fingerprint density at radius 1 is 1.43 bits per heavy atom. The monoisotopic (exact) mass is 409 g/mol. The molecule has 1 aliphatic rings. The van der Waals surface area contributed by atoms with Gasteiger partial charge in [0, 0.05) is 32.8 Å². The van der Waals surface area contributed by atoms with Gasteiger partial charge in [-0.2, -0.15) is 0 Å². The zero-order valence-electron chi connectivity index (χ0n) is 16.5. The molecule has 0 spiro atoms. The highest BCUT2D eigenvalue weighted by Gasteiger charge is 2.22. The number of fused-ring (bicyclic) bond motifs is 1.